The van der Waals surface area contributed by atoms with Crippen LogP contribution in [-0.2, 0) is 0 Å². The number of rotatable bonds is 3. The lowest BCUT2D eigenvalue weighted by molar-refractivity contribution is 0.0790. The van der Waals surface area contributed by atoms with E-state index >= 15 is 0 Å². The maximum atomic E-state index is 12.8. The molecule has 1 unspecified atom stereocenters. The largest absolute Gasteiger partial charge is 0.355 e. The fourth-order valence-electron chi connectivity index (χ4n) is 3.74. The van der Waals surface area contributed by atoms with Gasteiger partial charge in [0.25, 0.3) is 17.5 Å². The van der Waals surface area contributed by atoms with E-state index in [1.165, 1.54) is 0 Å². The van der Waals surface area contributed by atoms with Crippen molar-refractivity contribution in [1.29, 1.82) is 0 Å². The van der Waals surface area contributed by atoms with Gasteiger partial charge in [-0.15, -0.1) is 0 Å². The van der Waals surface area contributed by atoms with Crippen LogP contribution in [0.4, 0.5) is 0 Å². The molecule has 0 saturated carbocycles. The van der Waals surface area contributed by atoms with Gasteiger partial charge in [0.2, 0.25) is 0 Å². The lowest BCUT2D eigenvalue weighted by atomic mass is 9.99. The summed E-state index contributed by atoms with van der Waals surface area (Å²) in [7, 11) is 1.59. The third kappa shape index (κ3) is 3.13. The average Bonchev–Trinajstić information content (AvgIpc) is 3.33. The highest BCUT2D eigenvalue weighted by atomic mass is 16.5. The van der Waals surface area contributed by atoms with E-state index in [4.69, 9.17) is 4.52 Å². The van der Waals surface area contributed by atoms with Gasteiger partial charge < -0.3 is 14.7 Å². The molecular formula is C21H22N4O3. The van der Waals surface area contributed by atoms with Crippen molar-refractivity contribution in [2.24, 2.45) is 0 Å². The molecule has 1 atom stereocenters. The summed E-state index contributed by atoms with van der Waals surface area (Å²) in [6, 6.07) is 9.33. The maximum Gasteiger partial charge on any atom is 0.259 e. The summed E-state index contributed by atoms with van der Waals surface area (Å²) in [5.74, 6) is -0.190. The minimum absolute atomic E-state index is 0.00330. The summed E-state index contributed by atoms with van der Waals surface area (Å²) in [5.41, 5.74) is 4.05. The molecule has 7 heteroatoms. The highest BCUT2D eigenvalue weighted by molar-refractivity contribution is 6.06. The zero-order valence-corrected chi connectivity index (χ0v) is 16.2. The van der Waals surface area contributed by atoms with Crippen LogP contribution in [-0.4, -0.2) is 47.0 Å². The quantitative estimate of drug-likeness (QED) is 0.757. The van der Waals surface area contributed by atoms with Gasteiger partial charge in [-0.1, -0.05) is 22.9 Å². The SMILES string of the molecule is CNC(=O)c1cc(C)nc2onc(C3CCN(C(=O)c4ccc(C)cc4)C3)c12. The molecular weight excluding hydrogens is 356 g/mol. The number of amides is 2. The van der Waals surface area contributed by atoms with Gasteiger partial charge in [0.15, 0.2) is 0 Å². The molecule has 1 N–H and O–H groups in total. The Morgan fingerprint density at radius 1 is 1.21 bits per heavy atom. The fraction of sp³-hybridized carbons (Fsp3) is 0.333. The van der Waals surface area contributed by atoms with Crippen LogP contribution < -0.4 is 5.32 Å². The molecule has 2 aromatic heterocycles. The van der Waals surface area contributed by atoms with Crippen LogP contribution in [0.1, 0.15) is 50.0 Å². The zero-order chi connectivity index (χ0) is 19.8. The van der Waals surface area contributed by atoms with E-state index in [-0.39, 0.29) is 17.7 Å². The molecule has 1 saturated heterocycles. The highest BCUT2D eigenvalue weighted by Crippen LogP contribution is 2.34. The van der Waals surface area contributed by atoms with Gasteiger partial charge in [-0.2, -0.15) is 0 Å². The Labute approximate surface area is 162 Å². The number of likely N-dealkylation sites (tertiary alicyclic amines) is 1. The number of carbonyl (C=O) groups excluding carboxylic acids is 2. The number of hydrogen-bond acceptors (Lipinski definition) is 5. The highest BCUT2D eigenvalue weighted by Gasteiger charge is 2.32. The first-order valence-electron chi connectivity index (χ1n) is 9.33. The Morgan fingerprint density at radius 2 is 1.96 bits per heavy atom. The molecule has 1 aliphatic rings. The van der Waals surface area contributed by atoms with Crippen LogP contribution in [0, 0.1) is 13.8 Å². The molecule has 3 heterocycles. The second kappa shape index (κ2) is 7.07. The Morgan fingerprint density at radius 3 is 2.68 bits per heavy atom. The predicted octanol–water partition coefficient (Wildman–Crippen LogP) is 2.83. The summed E-state index contributed by atoms with van der Waals surface area (Å²) >= 11 is 0. The number of pyridine rings is 1. The van der Waals surface area contributed by atoms with Gasteiger partial charge in [-0.3, -0.25) is 9.59 Å². The monoisotopic (exact) mass is 378 g/mol. The maximum absolute atomic E-state index is 12.8. The van der Waals surface area contributed by atoms with E-state index in [1.54, 1.807) is 13.1 Å². The molecule has 2 amide bonds. The van der Waals surface area contributed by atoms with Crippen molar-refractivity contribution >= 4 is 22.9 Å². The first-order chi connectivity index (χ1) is 13.5. The molecule has 1 fully saturated rings. The van der Waals surface area contributed by atoms with Crippen molar-refractivity contribution < 1.29 is 14.1 Å². The van der Waals surface area contributed by atoms with Crippen LogP contribution >= 0.6 is 0 Å². The van der Waals surface area contributed by atoms with E-state index in [9.17, 15) is 9.59 Å². The first kappa shape index (κ1) is 18.2. The normalized spacial score (nSPS) is 16.5. The standard InChI is InChI=1S/C21H22N4O3/c1-12-4-6-14(7-5-12)21(27)25-9-8-15(11-25)18-17-16(19(26)22-3)10-13(2)23-20(17)28-24-18/h4-7,10,15H,8-9,11H2,1-3H3,(H,22,26). The summed E-state index contributed by atoms with van der Waals surface area (Å²) < 4.78 is 5.43. The van der Waals surface area contributed by atoms with Crippen molar-refractivity contribution in [1.82, 2.24) is 20.4 Å². The molecule has 1 aromatic carbocycles. The van der Waals surface area contributed by atoms with Gasteiger partial charge in [0.05, 0.1) is 16.6 Å². The molecule has 7 nitrogen and oxygen atoms in total. The van der Waals surface area contributed by atoms with E-state index in [0.717, 1.165) is 12.0 Å². The van der Waals surface area contributed by atoms with Crippen molar-refractivity contribution in [3.63, 3.8) is 0 Å². The molecule has 3 aromatic rings. The number of fused-ring (bicyclic) bond motifs is 1. The van der Waals surface area contributed by atoms with Crippen molar-refractivity contribution in [3.8, 4) is 0 Å². The number of aromatic nitrogens is 2. The van der Waals surface area contributed by atoms with Gasteiger partial charge in [0, 0.05) is 37.3 Å². The number of hydrogen-bond donors (Lipinski definition) is 1. The topological polar surface area (TPSA) is 88.3 Å². The van der Waals surface area contributed by atoms with Crippen LogP contribution in [0.5, 0.6) is 0 Å². The summed E-state index contributed by atoms with van der Waals surface area (Å²) in [4.78, 5) is 31.4. The molecule has 0 aliphatic carbocycles. The molecule has 0 spiro atoms. The second-order valence-electron chi connectivity index (χ2n) is 7.24. The lowest BCUT2D eigenvalue weighted by Gasteiger charge is -2.16. The third-order valence-electron chi connectivity index (χ3n) is 5.23. The minimum atomic E-state index is -0.203. The summed E-state index contributed by atoms with van der Waals surface area (Å²) in [5, 5.41) is 7.52. The molecule has 144 valence electrons. The van der Waals surface area contributed by atoms with E-state index in [2.05, 4.69) is 15.5 Å². The number of aryl methyl sites for hydroxylation is 2. The second-order valence-corrected chi connectivity index (χ2v) is 7.24. The smallest absolute Gasteiger partial charge is 0.259 e. The Kier molecular flexibility index (Phi) is 4.58. The van der Waals surface area contributed by atoms with Gasteiger partial charge in [-0.25, -0.2) is 4.98 Å². The van der Waals surface area contributed by atoms with Crippen LogP contribution in [0.25, 0.3) is 11.1 Å². The Hall–Kier alpha value is -3.22. The number of nitrogens with one attached hydrogen (secondary N) is 1. The number of nitrogens with zero attached hydrogens (tertiary/aromatic N) is 3. The predicted molar refractivity (Wildman–Crippen MR) is 104 cm³/mol. The van der Waals surface area contributed by atoms with Gasteiger partial charge in [-0.05, 0) is 38.5 Å². The average molecular weight is 378 g/mol. The van der Waals surface area contributed by atoms with Crippen LogP contribution in [0.3, 0.4) is 0 Å². The van der Waals surface area contributed by atoms with E-state index < -0.39 is 0 Å². The van der Waals surface area contributed by atoms with Gasteiger partial charge >= 0.3 is 0 Å². The molecule has 28 heavy (non-hydrogen) atoms. The molecule has 4 rings (SSSR count). The van der Waals surface area contributed by atoms with Crippen molar-refractivity contribution in [2.45, 2.75) is 26.2 Å². The van der Waals surface area contributed by atoms with E-state index in [1.807, 2.05) is 43.0 Å². The number of benzene rings is 1. The van der Waals surface area contributed by atoms with Crippen molar-refractivity contribution in [2.75, 3.05) is 20.1 Å². The first-order valence-corrected chi connectivity index (χ1v) is 9.33. The van der Waals surface area contributed by atoms with Crippen molar-refractivity contribution in [3.05, 3.63) is 58.4 Å². The summed E-state index contributed by atoms with van der Waals surface area (Å²) in [6.45, 7) is 4.98. The molecule has 1 aliphatic heterocycles. The van der Waals surface area contributed by atoms with E-state index in [0.29, 0.717) is 46.7 Å². The fourth-order valence-corrected chi connectivity index (χ4v) is 3.74. The van der Waals surface area contributed by atoms with Crippen LogP contribution in [0.2, 0.25) is 0 Å². The van der Waals surface area contributed by atoms with Gasteiger partial charge in [0.1, 0.15) is 0 Å². The summed E-state index contributed by atoms with van der Waals surface area (Å²) in [6.07, 6.45) is 0.764. The van der Waals surface area contributed by atoms with Crippen LogP contribution in [0.15, 0.2) is 34.9 Å². The third-order valence-corrected chi connectivity index (χ3v) is 5.23. The molecule has 0 bridgehead atoms. The lowest BCUT2D eigenvalue weighted by Crippen LogP contribution is -2.28. The zero-order valence-electron chi connectivity index (χ0n) is 16.2. The number of carbonyl (C=O) groups is 2. The Bertz CT molecular complexity index is 1060. The molecule has 0 radical (unpaired) electrons. The minimum Gasteiger partial charge on any atom is -0.355 e. The Balaban J connectivity index is 1.64.